The lowest BCUT2D eigenvalue weighted by Gasteiger charge is -2.25. The second-order valence-electron chi connectivity index (χ2n) is 5.14. The number of hydrogen-bond acceptors (Lipinski definition) is 7. The van der Waals surface area contributed by atoms with E-state index in [9.17, 15) is 19.7 Å². The number of carbonyl (C=O) groups excluding carboxylic acids is 2. The lowest BCUT2D eigenvalue weighted by Crippen LogP contribution is -2.47. The molecule has 0 aromatic carbocycles. The fourth-order valence-corrected chi connectivity index (χ4v) is 2.18. The first kappa shape index (κ1) is 19.6. The van der Waals surface area contributed by atoms with Crippen LogP contribution in [0.1, 0.15) is 27.2 Å². The Bertz CT molecular complexity index is 491. The average Bonchev–Trinajstić information content (AvgIpc) is 2.95. The molecule has 1 rings (SSSR count). The highest BCUT2D eigenvalue weighted by molar-refractivity contribution is 5.93. The average molecular weight is 346 g/mol. The SMILES string of the molecule is CCN(CC1CCOC1)/C(=N\[N+](=O)[O-])NC(=O)OC(C)OC(C)=O. The van der Waals surface area contributed by atoms with Crippen molar-refractivity contribution in [2.24, 2.45) is 11.0 Å². The Hall–Kier alpha value is -2.43. The molecule has 1 fully saturated rings. The number of amides is 1. The van der Waals surface area contributed by atoms with Crippen molar-refractivity contribution in [3.63, 3.8) is 0 Å². The number of hydrogen-bond donors (Lipinski definition) is 1. The fraction of sp³-hybridized carbons (Fsp3) is 0.769. The number of nitrogens with one attached hydrogen (secondary N) is 1. The van der Waals surface area contributed by atoms with Crippen molar-refractivity contribution in [2.75, 3.05) is 26.3 Å². The number of carbonyl (C=O) groups is 2. The van der Waals surface area contributed by atoms with E-state index in [4.69, 9.17) is 9.47 Å². The quantitative estimate of drug-likeness (QED) is 0.184. The normalized spacial score (nSPS) is 18.6. The molecule has 0 spiro atoms. The summed E-state index contributed by atoms with van der Waals surface area (Å²) in [6, 6.07) is 0. The van der Waals surface area contributed by atoms with Crippen molar-refractivity contribution in [2.45, 2.75) is 33.5 Å². The van der Waals surface area contributed by atoms with E-state index in [1.54, 1.807) is 11.8 Å². The van der Waals surface area contributed by atoms with Crippen LogP contribution in [-0.2, 0) is 19.0 Å². The van der Waals surface area contributed by atoms with Gasteiger partial charge in [0.15, 0.2) is 5.03 Å². The van der Waals surface area contributed by atoms with E-state index in [0.29, 0.717) is 26.3 Å². The summed E-state index contributed by atoms with van der Waals surface area (Å²) >= 11 is 0. The van der Waals surface area contributed by atoms with Crippen LogP contribution < -0.4 is 5.32 Å². The summed E-state index contributed by atoms with van der Waals surface area (Å²) in [4.78, 5) is 34.9. The highest BCUT2D eigenvalue weighted by Crippen LogP contribution is 2.14. The van der Waals surface area contributed by atoms with Crippen molar-refractivity contribution in [3.05, 3.63) is 10.1 Å². The molecule has 2 unspecified atom stereocenters. The van der Waals surface area contributed by atoms with Crippen LogP contribution >= 0.6 is 0 Å². The monoisotopic (exact) mass is 346 g/mol. The van der Waals surface area contributed by atoms with Crippen LogP contribution in [0.5, 0.6) is 0 Å². The molecule has 0 saturated carbocycles. The highest BCUT2D eigenvalue weighted by Gasteiger charge is 2.24. The van der Waals surface area contributed by atoms with Crippen LogP contribution in [0.15, 0.2) is 5.10 Å². The Morgan fingerprint density at radius 1 is 1.50 bits per heavy atom. The summed E-state index contributed by atoms with van der Waals surface area (Å²) in [7, 11) is 0. The Morgan fingerprint density at radius 3 is 2.71 bits per heavy atom. The molecular formula is C13H22N4O7. The van der Waals surface area contributed by atoms with Crippen molar-refractivity contribution >= 4 is 18.0 Å². The van der Waals surface area contributed by atoms with Gasteiger partial charge in [-0.05, 0) is 13.3 Å². The lowest BCUT2D eigenvalue weighted by atomic mass is 10.1. The topological polar surface area (TPSA) is 133 Å². The third-order valence-electron chi connectivity index (χ3n) is 3.18. The maximum absolute atomic E-state index is 11.8. The van der Waals surface area contributed by atoms with Gasteiger partial charge in [0.05, 0.1) is 6.61 Å². The van der Waals surface area contributed by atoms with Crippen molar-refractivity contribution < 1.29 is 28.8 Å². The Balaban J connectivity index is 2.70. The molecule has 0 bridgehead atoms. The molecule has 136 valence electrons. The number of ether oxygens (including phenoxy) is 3. The van der Waals surface area contributed by atoms with Gasteiger partial charge in [0.2, 0.25) is 6.29 Å². The summed E-state index contributed by atoms with van der Waals surface area (Å²) in [6.07, 6.45) is -1.31. The minimum Gasteiger partial charge on any atom is -0.426 e. The van der Waals surface area contributed by atoms with E-state index < -0.39 is 23.4 Å². The number of alkyl carbamates (subject to hydrolysis) is 1. The fourth-order valence-electron chi connectivity index (χ4n) is 2.18. The van der Waals surface area contributed by atoms with E-state index in [1.807, 2.05) is 0 Å². The molecule has 1 aliphatic rings. The number of guanidine groups is 1. The van der Waals surface area contributed by atoms with Gasteiger partial charge in [-0.3, -0.25) is 10.1 Å². The lowest BCUT2D eigenvalue weighted by molar-refractivity contribution is -0.485. The van der Waals surface area contributed by atoms with Crippen LogP contribution in [0.25, 0.3) is 0 Å². The van der Waals surface area contributed by atoms with Gasteiger partial charge in [0, 0.05) is 39.5 Å². The second-order valence-corrected chi connectivity index (χ2v) is 5.14. The third kappa shape index (κ3) is 7.22. The van der Waals surface area contributed by atoms with E-state index in [-0.39, 0.29) is 11.9 Å². The maximum atomic E-state index is 11.8. The van der Waals surface area contributed by atoms with Gasteiger partial charge in [-0.15, -0.1) is 0 Å². The Morgan fingerprint density at radius 2 is 2.21 bits per heavy atom. The molecule has 1 amide bonds. The largest absolute Gasteiger partial charge is 0.426 e. The number of hydrazone groups is 1. The molecule has 0 aromatic rings. The molecule has 0 radical (unpaired) electrons. The summed E-state index contributed by atoms with van der Waals surface area (Å²) < 4.78 is 14.7. The Labute approximate surface area is 139 Å². The first-order valence-electron chi connectivity index (χ1n) is 7.52. The van der Waals surface area contributed by atoms with Crippen LogP contribution in [-0.4, -0.2) is 60.5 Å². The van der Waals surface area contributed by atoms with Crippen LogP contribution in [0.4, 0.5) is 4.79 Å². The summed E-state index contributed by atoms with van der Waals surface area (Å²) in [5.41, 5.74) is 0. The maximum Gasteiger partial charge on any atom is 0.417 e. The minimum atomic E-state index is -1.13. The minimum absolute atomic E-state index is 0.194. The van der Waals surface area contributed by atoms with Crippen molar-refractivity contribution in [1.82, 2.24) is 10.2 Å². The molecule has 0 aliphatic carbocycles. The zero-order chi connectivity index (χ0) is 18.1. The molecule has 0 aromatic heterocycles. The van der Waals surface area contributed by atoms with Gasteiger partial charge in [0.25, 0.3) is 5.96 Å². The molecule has 11 heteroatoms. The highest BCUT2D eigenvalue weighted by atomic mass is 16.7. The summed E-state index contributed by atoms with van der Waals surface area (Å²) in [6.45, 7) is 6.32. The van der Waals surface area contributed by atoms with Crippen molar-refractivity contribution in [1.29, 1.82) is 0 Å². The zero-order valence-electron chi connectivity index (χ0n) is 13.9. The van der Waals surface area contributed by atoms with Crippen LogP contribution in [0.3, 0.4) is 0 Å². The standard InChI is InChI=1S/C13H22N4O7/c1-4-16(7-11-5-6-22-8-11)12(15-17(20)21)14-13(19)24-10(3)23-9(2)18/h10-11H,4-8H2,1-3H3,(H,14,15,19). The van der Waals surface area contributed by atoms with E-state index in [0.717, 1.165) is 6.42 Å². The van der Waals surface area contributed by atoms with Gasteiger partial charge in [0.1, 0.15) is 5.10 Å². The Kier molecular flexibility index (Phi) is 7.89. The van der Waals surface area contributed by atoms with Gasteiger partial charge in [-0.1, -0.05) is 0 Å². The molecule has 2 atom stereocenters. The third-order valence-corrected chi connectivity index (χ3v) is 3.18. The molecule has 24 heavy (non-hydrogen) atoms. The van der Waals surface area contributed by atoms with Gasteiger partial charge < -0.3 is 19.1 Å². The first-order valence-corrected chi connectivity index (χ1v) is 7.52. The first-order chi connectivity index (χ1) is 11.3. The van der Waals surface area contributed by atoms with E-state index in [1.165, 1.54) is 13.8 Å². The predicted molar refractivity (Wildman–Crippen MR) is 81.4 cm³/mol. The van der Waals surface area contributed by atoms with Crippen LogP contribution in [0.2, 0.25) is 0 Å². The number of nitro groups is 1. The molecule has 1 aliphatic heterocycles. The summed E-state index contributed by atoms with van der Waals surface area (Å²) in [5, 5.41) is 15.2. The van der Waals surface area contributed by atoms with Crippen molar-refractivity contribution in [3.8, 4) is 0 Å². The molecule has 1 heterocycles. The number of esters is 1. The molecule has 1 saturated heterocycles. The van der Waals surface area contributed by atoms with Gasteiger partial charge >= 0.3 is 12.1 Å². The van der Waals surface area contributed by atoms with Gasteiger partial charge in [-0.2, -0.15) is 0 Å². The zero-order valence-corrected chi connectivity index (χ0v) is 13.9. The molecular weight excluding hydrogens is 324 g/mol. The van der Waals surface area contributed by atoms with Gasteiger partial charge in [-0.25, -0.2) is 14.9 Å². The number of rotatable bonds is 6. The summed E-state index contributed by atoms with van der Waals surface area (Å²) in [5.74, 6) is -0.667. The second kappa shape index (κ2) is 9.65. The predicted octanol–water partition coefficient (Wildman–Crippen LogP) is 0.528. The number of nitrogens with zero attached hydrogens (tertiary/aromatic N) is 3. The smallest absolute Gasteiger partial charge is 0.417 e. The van der Waals surface area contributed by atoms with Crippen LogP contribution in [0, 0.1) is 16.0 Å². The molecule has 1 N–H and O–H groups in total. The molecule has 11 nitrogen and oxygen atoms in total. The van der Waals surface area contributed by atoms with E-state index >= 15 is 0 Å². The van der Waals surface area contributed by atoms with E-state index in [2.05, 4.69) is 15.2 Å².